The van der Waals surface area contributed by atoms with Crippen LogP contribution in [-0.2, 0) is 16.0 Å². The van der Waals surface area contributed by atoms with Crippen LogP contribution in [0.4, 0.5) is 5.69 Å². The average molecular weight is 327 g/mol. The zero-order valence-electron chi connectivity index (χ0n) is 14.0. The minimum absolute atomic E-state index is 0.401. The van der Waals surface area contributed by atoms with Crippen LogP contribution >= 0.6 is 0 Å². The smallest absolute Gasteiger partial charge is 0.338 e. The summed E-state index contributed by atoms with van der Waals surface area (Å²) in [6, 6.07) is 14.1. The molecule has 0 aliphatic heterocycles. The van der Waals surface area contributed by atoms with Crippen molar-refractivity contribution >= 4 is 17.6 Å². The van der Waals surface area contributed by atoms with Gasteiger partial charge in [-0.15, -0.1) is 0 Å². The van der Waals surface area contributed by atoms with Crippen LogP contribution in [0.5, 0.6) is 5.75 Å². The van der Waals surface area contributed by atoms with E-state index >= 15 is 0 Å². The molecule has 1 amide bonds. The van der Waals surface area contributed by atoms with Crippen molar-refractivity contribution in [3.05, 3.63) is 59.7 Å². The molecule has 0 heterocycles. The molecule has 126 valence electrons. The number of hydrogen-bond donors (Lipinski definition) is 1. The van der Waals surface area contributed by atoms with E-state index in [0.717, 1.165) is 12.0 Å². The lowest BCUT2D eigenvalue weighted by atomic mass is 10.1. The number of rotatable bonds is 6. The standard InChI is InChI=1S/C19H21NO4/c1-4-14-8-10-15(11-9-14)19(22)24-13(2)18(21)20-16-6-5-7-17(12-16)23-3/h5-13H,4H2,1-3H3,(H,20,21)/t13-/m0/s1. The van der Waals surface area contributed by atoms with Crippen molar-refractivity contribution in [1.82, 2.24) is 0 Å². The molecule has 0 unspecified atom stereocenters. The van der Waals surface area contributed by atoms with Crippen LogP contribution in [-0.4, -0.2) is 25.1 Å². The van der Waals surface area contributed by atoms with Gasteiger partial charge in [0.2, 0.25) is 0 Å². The number of esters is 1. The zero-order valence-corrected chi connectivity index (χ0v) is 14.0. The first-order valence-corrected chi connectivity index (χ1v) is 7.78. The van der Waals surface area contributed by atoms with E-state index < -0.39 is 18.0 Å². The molecule has 1 N–H and O–H groups in total. The van der Waals surface area contributed by atoms with Crippen LogP contribution in [0.15, 0.2) is 48.5 Å². The third-order valence-electron chi connectivity index (χ3n) is 3.59. The molecule has 0 aliphatic carbocycles. The van der Waals surface area contributed by atoms with E-state index in [2.05, 4.69) is 5.32 Å². The number of aryl methyl sites for hydroxylation is 1. The van der Waals surface area contributed by atoms with Crippen molar-refractivity contribution in [2.45, 2.75) is 26.4 Å². The Kier molecular flexibility index (Phi) is 5.95. The highest BCUT2D eigenvalue weighted by Gasteiger charge is 2.19. The van der Waals surface area contributed by atoms with Gasteiger partial charge >= 0.3 is 5.97 Å². The summed E-state index contributed by atoms with van der Waals surface area (Å²) < 4.78 is 10.3. The summed E-state index contributed by atoms with van der Waals surface area (Å²) in [6.07, 6.45) is -0.0103. The molecule has 0 radical (unpaired) electrons. The highest BCUT2D eigenvalue weighted by atomic mass is 16.5. The van der Waals surface area contributed by atoms with Crippen molar-refractivity contribution < 1.29 is 19.1 Å². The van der Waals surface area contributed by atoms with Gasteiger partial charge in [-0.3, -0.25) is 4.79 Å². The summed E-state index contributed by atoms with van der Waals surface area (Å²) in [5, 5.41) is 2.70. The third-order valence-corrected chi connectivity index (χ3v) is 3.59. The number of anilines is 1. The lowest BCUT2D eigenvalue weighted by Gasteiger charge is -2.14. The maximum absolute atomic E-state index is 12.2. The first-order chi connectivity index (χ1) is 11.5. The van der Waals surface area contributed by atoms with Gasteiger partial charge in [0.05, 0.1) is 12.7 Å². The molecule has 0 spiro atoms. The summed E-state index contributed by atoms with van der Waals surface area (Å²) in [5.74, 6) is -0.291. The van der Waals surface area contributed by atoms with Gasteiger partial charge in [-0.1, -0.05) is 25.1 Å². The summed E-state index contributed by atoms with van der Waals surface area (Å²) in [4.78, 5) is 24.2. The van der Waals surface area contributed by atoms with E-state index in [1.54, 1.807) is 43.5 Å². The number of ether oxygens (including phenoxy) is 2. The molecule has 2 aromatic rings. The summed E-state index contributed by atoms with van der Waals surface area (Å²) in [7, 11) is 1.55. The van der Waals surface area contributed by atoms with Crippen LogP contribution < -0.4 is 10.1 Å². The van der Waals surface area contributed by atoms with Gasteiger partial charge in [0.15, 0.2) is 6.10 Å². The number of nitrogens with one attached hydrogen (secondary N) is 1. The predicted octanol–water partition coefficient (Wildman–Crippen LogP) is 3.44. The quantitative estimate of drug-likeness (QED) is 0.826. The van der Waals surface area contributed by atoms with E-state index in [-0.39, 0.29) is 0 Å². The fourth-order valence-electron chi connectivity index (χ4n) is 2.10. The van der Waals surface area contributed by atoms with Gasteiger partial charge in [0, 0.05) is 11.8 Å². The molecule has 0 aliphatic rings. The first kappa shape index (κ1) is 17.5. The van der Waals surface area contributed by atoms with Crippen molar-refractivity contribution in [3.63, 3.8) is 0 Å². The minimum Gasteiger partial charge on any atom is -0.497 e. The molecule has 0 bridgehead atoms. The molecular weight excluding hydrogens is 306 g/mol. The molecule has 1 atom stereocenters. The molecule has 24 heavy (non-hydrogen) atoms. The normalized spacial score (nSPS) is 11.5. The zero-order chi connectivity index (χ0) is 17.5. The monoisotopic (exact) mass is 327 g/mol. The molecule has 5 heteroatoms. The highest BCUT2D eigenvalue weighted by Crippen LogP contribution is 2.17. The van der Waals surface area contributed by atoms with E-state index in [1.165, 1.54) is 6.92 Å². The number of methoxy groups -OCH3 is 1. The van der Waals surface area contributed by atoms with Crippen LogP contribution in [0.1, 0.15) is 29.8 Å². The van der Waals surface area contributed by atoms with Gasteiger partial charge in [-0.05, 0) is 43.2 Å². The number of amides is 1. The van der Waals surface area contributed by atoms with E-state index in [4.69, 9.17) is 9.47 Å². The van der Waals surface area contributed by atoms with E-state index in [9.17, 15) is 9.59 Å². The molecule has 0 fully saturated rings. The van der Waals surface area contributed by atoms with Gasteiger partial charge in [0.25, 0.3) is 5.91 Å². The number of hydrogen-bond acceptors (Lipinski definition) is 4. The Bertz CT molecular complexity index is 710. The predicted molar refractivity (Wildman–Crippen MR) is 92.3 cm³/mol. The Morgan fingerprint density at radius 2 is 1.83 bits per heavy atom. The van der Waals surface area contributed by atoms with Gasteiger partial charge in [-0.2, -0.15) is 0 Å². The van der Waals surface area contributed by atoms with Gasteiger partial charge in [-0.25, -0.2) is 4.79 Å². The first-order valence-electron chi connectivity index (χ1n) is 7.78. The Hall–Kier alpha value is -2.82. The number of carbonyl (C=O) groups excluding carboxylic acids is 2. The molecule has 5 nitrogen and oxygen atoms in total. The van der Waals surface area contributed by atoms with Crippen LogP contribution in [0.25, 0.3) is 0 Å². The SMILES string of the molecule is CCc1ccc(C(=O)O[C@@H](C)C(=O)Nc2cccc(OC)c2)cc1. The Morgan fingerprint density at radius 3 is 2.46 bits per heavy atom. The third kappa shape index (κ3) is 4.59. The fourth-order valence-corrected chi connectivity index (χ4v) is 2.10. The fraction of sp³-hybridized carbons (Fsp3) is 0.263. The average Bonchev–Trinajstić information content (AvgIpc) is 2.61. The maximum Gasteiger partial charge on any atom is 0.338 e. The molecule has 0 aromatic heterocycles. The second kappa shape index (κ2) is 8.15. The Morgan fingerprint density at radius 1 is 1.12 bits per heavy atom. The van der Waals surface area contributed by atoms with Gasteiger partial charge < -0.3 is 14.8 Å². The number of benzene rings is 2. The topological polar surface area (TPSA) is 64.6 Å². The largest absolute Gasteiger partial charge is 0.497 e. The molecule has 0 saturated heterocycles. The number of carbonyl (C=O) groups is 2. The summed E-state index contributed by atoms with van der Waals surface area (Å²) >= 11 is 0. The lowest BCUT2D eigenvalue weighted by Crippen LogP contribution is -2.30. The summed E-state index contributed by atoms with van der Waals surface area (Å²) in [5.41, 5.74) is 2.14. The van der Waals surface area contributed by atoms with Crippen molar-refractivity contribution in [2.24, 2.45) is 0 Å². The van der Waals surface area contributed by atoms with Crippen LogP contribution in [0, 0.1) is 0 Å². The Balaban J connectivity index is 1.95. The van der Waals surface area contributed by atoms with E-state index in [1.807, 2.05) is 19.1 Å². The molecule has 2 aromatic carbocycles. The second-order valence-electron chi connectivity index (χ2n) is 5.32. The highest BCUT2D eigenvalue weighted by molar-refractivity contribution is 5.97. The van der Waals surface area contributed by atoms with Crippen molar-refractivity contribution in [1.29, 1.82) is 0 Å². The Labute approximate surface area is 141 Å². The maximum atomic E-state index is 12.2. The van der Waals surface area contributed by atoms with Crippen LogP contribution in [0.2, 0.25) is 0 Å². The minimum atomic E-state index is -0.908. The van der Waals surface area contributed by atoms with Crippen LogP contribution in [0.3, 0.4) is 0 Å². The van der Waals surface area contributed by atoms with E-state index in [0.29, 0.717) is 17.0 Å². The molecule has 2 rings (SSSR count). The lowest BCUT2D eigenvalue weighted by molar-refractivity contribution is -0.123. The van der Waals surface area contributed by atoms with Gasteiger partial charge in [0.1, 0.15) is 5.75 Å². The molecular formula is C19H21NO4. The molecule has 0 saturated carbocycles. The van der Waals surface area contributed by atoms with Crippen molar-refractivity contribution in [3.8, 4) is 5.75 Å². The summed E-state index contributed by atoms with van der Waals surface area (Å²) in [6.45, 7) is 3.58. The second-order valence-corrected chi connectivity index (χ2v) is 5.32. The van der Waals surface area contributed by atoms with Crippen molar-refractivity contribution in [2.75, 3.05) is 12.4 Å².